The molecule has 1 N–H and O–H groups in total. The maximum absolute atomic E-state index is 11.8. The second-order valence-corrected chi connectivity index (χ2v) is 6.38. The van der Waals surface area contributed by atoms with Crippen LogP contribution in [0.5, 0.6) is 0 Å². The lowest BCUT2D eigenvalue weighted by atomic mass is 10.3. The Morgan fingerprint density at radius 2 is 2.20 bits per heavy atom. The molecule has 0 aliphatic heterocycles. The molecule has 0 atom stereocenters. The Labute approximate surface area is 127 Å². The van der Waals surface area contributed by atoms with Gasteiger partial charge in [0.1, 0.15) is 6.33 Å². The van der Waals surface area contributed by atoms with Gasteiger partial charge in [-0.1, -0.05) is 34.7 Å². The number of halogens is 1. The fourth-order valence-corrected chi connectivity index (χ4v) is 3.25. The van der Waals surface area contributed by atoms with Crippen molar-refractivity contribution in [1.82, 2.24) is 19.8 Å². The first-order chi connectivity index (χ1) is 9.70. The van der Waals surface area contributed by atoms with Crippen LogP contribution in [-0.2, 0) is 4.79 Å². The van der Waals surface area contributed by atoms with Crippen LogP contribution < -0.4 is 5.32 Å². The Morgan fingerprint density at radius 1 is 1.40 bits per heavy atom. The second-order valence-electron chi connectivity index (χ2n) is 3.77. The second kappa shape index (κ2) is 5.78. The molecule has 0 saturated heterocycles. The van der Waals surface area contributed by atoms with Gasteiger partial charge in [0.2, 0.25) is 10.9 Å². The molecule has 0 unspecified atom stereocenters. The molecule has 0 saturated carbocycles. The third-order valence-corrected chi connectivity index (χ3v) is 4.62. The van der Waals surface area contributed by atoms with E-state index in [1.54, 1.807) is 28.8 Å². The van der Waals surface area contributed by atoms with Gasteiger partial charge in [-0.15, -0.1) is 15.3 Å². The highest BCUT2D eigenvalue weighted by Crippen LogP contribution is 2.23. The average Bonchev–Trinajstić information content (AvgIpc) is 3.00. The van der Waals surface area contributed by atoms with Gasteiger partial charge in [-0.25, -0.2) is 0 Å². The van der Waals surface area contributed by atoms with Crippen LogP contribution in [0.25, 0.3) is 4.96 Å². The standard InChI is InChI=1S/C11H8ClN5OS2/c12-7-1-3-8(4-2-7)14-9(18)5-19-11-16-17-6-13-15-10(17)20-11/h1-4,6H,5H2,(H,14,18). The van der Waals surface area contributed by atoms with Crippen molar-refractivity contribution in [1.29, 1.82) is 0 Å². The molecule has 2 heterocycles. The predicted molar refractivity (Wildman–Crippen MR) is 79.5 cm³/mol. The maximum atomic E-state index is 11.8. The van der Waals surface area contributed by atoms with Crippen LogP contribution in [0.3, 0.4) is 0 Å². The Morgan fingerprint density at radius 3 is 2.95 bits per heavy atom. The number of hydrogen-bond donors (Lipinski definition) is 1. The minimum absolute atomic E-state index is 0.0942. The van der Waals surface area contributed by atoms with Crippen molar-refractivity contribution < 1.29 is 4.79 Å². The molecular weight excluding hydrogens is 318 g/mol. The normalized spacial score (nSPS) is 10.8. The minimum Gasteiger partial charge on any atom is -0.325 e. The van der Waals surface area contributed by atoms with Gasteiger partial charge in [0, 0.05) is 10.7 Å². The summed E-state index contributed by atoms with van der Waals surface area (Å²) in [5, 5.41) is 15.3. The van der Waals surface area contributed by atoms with Crippen LogP contribution in [0.1, 0.15) is 0 Å². The Balaban J connectivity index is 1.56. The Bertz CT molecular complexity index is 710. The summed E-state index contributed by atoms with van der Waals surface area (Å²) in [4.78, 5) is 12.5. The number of anilines is 1. The van der Waals surface area contributed by atoms with Crippen LogP contribution in [-0.4, -0.2) is 31.5 Å². The largest absolute Gasteiger partial charge is 0.325 e. The molecule has 0 fully saturated rings. The number of fused-ring (bicyclic) bond motifs is 1. The zero-order chi connectivity index (χ0) is 13.9. The number of benzene rings is 1. The molecule has 102 valence electrons. The number of carbonyl (C=O) groups excluding carboxylic acids is 1. The molecule has 0 aliphatic carbocycles. The van der Waals surface area contributed by atoms with E-state index in [2.05, 4.69) is 20.6 Å². The van der Waals surface area contributed by atoms with Gasteiger partial charge in [0.25, 0.3) is 0 Å². The van der Waals surface area contributed by atoms with Crippen molar-refractivity contribution in [2.45, 2.75) is 4.34 Å². The maximum Gasteiger partial charge on any atom is 0.235 e. The van der Waals surface area contributed by atoms with E-state index in [-0.39, 0.29) is 11.7 Å². The van der Waals surface area contributed by atoms with E-state index in [0.717, 1.165) is 10.0 Å². The van der Waals surface area contributed by atoms with Crippen LogP contribution in [0.4, 0.5) is 5.69 Å². The van der Waals surface area contributed by atoms with Gasteiger partial charge in [0.05, 0.1) is 5.75 Å². The van der Waals surface area contributed by atoms with Crippen LogP contribution >= 0.6 is 34.7 Å². The smallest absolute Gasteiger partial charge is 0.235 e. The molecule has 2 aromatic heterocycles. The van der Waals surface area contributed by atoms with E-state index in [0.29, 0.717) is 9.98 Å². The average molecular weight is 326 g/mol. The summed E-state index contributed by atoms with van der Waals surface area (Å²) in [6.45, 7) is 0. The number of thioether (sulfide) groups is 1. The lowest BCUT2D eigenvalue weighted by molar-refractivity contribution is -0.113. The summed E-state index contributed by atoms with van der Waals surface area (Å²) in [5.74, 6) is 0.190. The number of carbonyl (C=O) groups is 1. The first kappa shape index (κ1) is 13.3. The van der Waals surface area contributed by atoms with Gasteiger partial charge in [0.15, 0.2) is 4.34 Å². The van der Waals surface area contributed by atoms with Crippen molar-refractivity contribution in [3.8, 4) is 0 Å². The van der Waals surface area contributed by atoms with Crippen molar-refractivity contribution >= 4 is 51.3 Å². The SMILES string of the molecule is O=C(CSc1nn2cnnc2s1)Nc1ccc(Cl)cc1. The van der Waals surface area contributed by atoms with E-state index >= 15 is 0 Å². The molecule has 0 aliphatic rings. The minimum atomic E-state index is -0.0942. The summed E-state index contributed by atoms with van der Waals surface area (Å²) in [6.07, 6.45) is 1.53. The third-order valence-electron chi connectivity index (χ3n) is 2.32. The van der Waals surface area contributed by atoms with Gasteiger partial charge in [-0.3, -0.25) is 4.79 Å². The number of amides is 1. The number of aromatic nitrogens is 4. The molecule has 0 spiro atoms. The molecule has 0 bridgehead atoms. The molecule has 3 rings (SSSR count). The Kier molecular flexibility index (Phi) is 3.86. The van der Waals surface area contributed by atoms with Crippen molar-refractivity contribution in [2.24, 2.45) is 0 Å². The molecule has 0 radical (unpaired) electrons. The van der Waals surface area contributed by atoms with E-state index in [4.69, 9.17) is 11.6 Å². The highest BCUT2D eigenvalue weighted by molar-refractivity contribution is 8.01. The van der Waals surface area contributed by atoms with E-state index in [1.165, 1.54) is 29.4 Å². The number of nitrogens with one attached hydrogen (secondary N) is 1. The van der Waals surface area contributed by atoms with Crippen molar-refractivity contribution in [3.63, 3.8) is 0 Å². The first-order valence-corrected chi connectivity index (χ1v) is 7.74. The zero-order valence-corrected chi connectivity index (χ0v) is 12.4. The molecule has 20 heavy (non-hydrogen) atoms. The van der Waals surface area contributed by atoms with Gasteiger partial charge >= 0.3 is 0 Å². The molecule has 6 nitrogen and oxygen atoms in total. The molecule has 3 aromatic rings. The van der Waals surface area contributed by atoms with Gasteiger partial charge in [-0.2, -0.15) is 4.52 Å². The number of nitrogens with zero attached hydrogens (tertiary/aromatic N) is 4. The van der Waals surface area contributed by atoms with Crippen molar-refractivity contribution in [2.75, 3.05) is 11.1 Å². The van der Waals surface area contributed by atoms with E-state index in [9.17, 15) is 4.79 Å². The van der Waals surface area contributed by atoms with E-state index in [1.807, 2.05) is 0 Å². The fourth-order valence-electron chi connectivity index (χ4n) is 1.46. The lowest BCUT2D eigenvalue weighted by Crippen LogP contribution is -2.13. The number of hydrogen-bond acceptors (Lipinski definition) is 6. The zero-order valence-electron chi connectivity index (χ0n) is 9.99. The third kappa shape index (κ3) is 3.09. The monoisotopic (exact) mass is 325 g/mol. The number of rotatable bonds is 4. The van der Waals surface area contributed by atoms with Crippen LogP contribution in [0, 0.1) is 0 Å². The summed E-state index contributed by atoms with van der Waals surface area (Å²) in [6, 6.07) is 6.97. The van der Waals surface area contributed by atoms with Gasteiger partial charge < -0.3 is 5.32 Å². The Hall–Kier alpha value is -1.64. The lowest BCUT2D eigenvalue weighted by Gasteiger charge is -2.03. The summed E-state index contributed by atoms with van der Waals surface area (Å²) in [7, 11) is 0. The van der Waals surface area contributed by atoms with Crippen LogP contribution in [0.15, 0.2) is 34.9 Å². The molecule has 1 aromatic carbocycles. The highest BCUT2D eigenvalue weighted by Gasteiger charge is 2.09. The highest BCUT2D eigenvalue weighted by atomic mass is 35.5. The predicted octanol–water partition coefficient (Wildman–Crippen LogP) is 2.57. The van der Waals surface area contributed by atoms with Gasteiger partial charge in [-0.05, 0) is 24.3 Å². The summed E-state index contributed by atoms with van der Waals surface area (Å²) in [5.41, 5.74) is 0.721. The summed E-state index contributed by atoms with van der Waals surface area (Å²) >= 11 is 8.54. The molecule has 9 heteroatoms. The summed E-state index contributed by atoms with van der Waals surface area (Å²) < 4.78 is 2.37. The fraction of sp³-hybridized carbons (Fsp3) is 0.0909. The quantitative estimate of drug-likeness (QED) is 0.746. The topological polar surface area (TPSA) is 72.2 Å². The van der Waals surface area contributed by atoms with Crippen LogP contribution in [0.2, 0.25) is 5.02 Å². The molecule has 1 amide bonds. The first-order valence-electron chi connectivity index (χ1n) is 5.56. The molecular formula is C11H8ClN5OS2. The van der Waals surface area contributed by atoms with E-state index < -0.39 is 0 Å². The van der Waals surface area contributed by atoms with Crippen molar-refractivity contribution in [3.05, 3.63) is 35.6 Å².